The number of para-hydroxylation sites is 2. The van der Waals surface area contributed by atoms with E-state index in [0.29, 0.717) is 35.8 Å². The standard InChI is InChI=1S/C16H17N3O4S/c1-3-8-17-14(20)10(2)24-16-19-18-15(23-16)13-9-21-11-6-4-5-7-12(11)22-13/h3-7,10,13H,1,8-9H2,2H3,(H,17,20)/t10-,13-/m1/s1. The van der Waals surface area contributed by atoms with Gasteiger partial charge >= 0.3 is 0 Å². The van der Waals surface area contributed by atoms with Crippen molar-refractivity contribution in [3.8, 4) is 11.5 Å². The minimum absolute atomic E-state index is 0.120. The van der Waals surface area contributed by atoms with Gasteiger partial charge in [0.25, 0.3) is 11.1 Å². The molecule has 1 aliphatic rings. The van der Waals surface area contributed by atoms with Crippen molar-refractivity contribution in [3.63, 3.8) is 0 Å². The Bertz CT molecular complexity index is 734. The van der Waals surface area contributed by atoms with Gasteiger partial charge in [-0.1, -0.05) is 30.0 Å². The Kier molecular flexibility index (Phi) is 5.05. The third kappa shape index (κ3) is 3.70. The summed E-state index contributed by atoms with van der Waals surface area (Å²) in [5.41, 5.74) is 0. The molecule has 0 unspecified atom stereocenters. The molecule has 126 valence electrons. The zero-order chi connectivity index (χ0) is 16.9. The molecule has 0 spiro atoms. The lowest BCUT2D eigenvalue weighted by Crippen LogP contribution is -2.30. The van der Waals surface area contributed by atoms with Gasteiger partial charge in [-0.25, -0.2) is 0 Å². The van der Waals surface area contributed by atoms with Crippen molar-refractivity contribution in [1.82, 2.24) is 15.5 Å². The topological polar surface area (TPSA) is 86.5 Å². The van der Waals surface area contributed by atoms with Gasteiger partial charge in [0.05, 0.1) is 5.25 Å². The quantitative estimate of drug-likeness (QED) is 0.634. The van der Waals surface area contributed by atoms with E-state index in [-0.39, 0.29) is 11.2 Å². The van der Waals surface area contributed by atoms with Crippen LogP contribution in [0.1, 0.15) is 18.9 Å². The van der Waals surface area contributed by atoms with Gasteiger partial charge in [0.2, 0.25) is 12.0 Å². The monoisotopic (exact) mass is 347 g/mol. The third-order valence-electron chi connectivity index (χ3n) is 3.27. The molecule has 1 aromatic heterocycles. The van der Waals surface area contributed by atoms with Gasteiger partial charge in [-0.3, -0.25) is 4.79 Å². The summed E-state index contributed by atoms with van der Waals surface area (Å²) in [7, 11) is 0. The molecule has 0 saturated carbocycles. The molecular formula is C16H17N3O4S. The zero-order valence-electron chi connectivity index (χ0n) is 13.1. The predicted molar refractivity (Wildman–Crippen MR) is 88.1 cm³/mol. The van der Waals surface area contributed by atoms with Gasteiger partial charge in [0, 0.05) is 6.54 Å². The number of benzene rings is 1. The van der Waals surface area contributed by atoms with E-state index in [2.05, 4.69) is 22.1 Å². The fourth-order valence-corrected chi connectivity index (χ4v) is 2.77. The number of ether oxygens (including phenoxy) is 2. The van der Waals surface area contributed by atoms with Crippen molar-refractivity contribution >= 4 is 17.7 Å². The van der Waals surface area contributed by atoms with E-state index in [9.17, 15) is 4.79 Å². The molecule has 0 fully saturated rings. The summed E-state index contributed by atoms with van der Waals surface area (Å²) in [6.07, 6.45) is 1.16. The van der Waals surface area contributed by atoms with Gasteiger partial charge in [0.1, 0.15) is 6.61 Å². The van der Waals surface area contributed by atoms with Crippen LogP contribution in [0, 0.1) is 0 Å². The Morgan fingerprint density at radius 1 is 1.46 bits per heavy atom. The molecular weight excluding hydrogens is 330 g/mol. The summed E-state index contributed by atoms with van der Waals surface area (Å²) >= 11 is 1.19. The lowest BCUT2D eigenvalue weighted by Gasteiger charge is -2.23. The molecule has 24 heavy (non-hydrogen) atoms. The number of carbonyl (C=O) groups excluding carboxylic acids is 1. The van der Waals surface area contributed by atoms with Crippen LogP contribution in [0.2, 0.25) is 0 Å². The van der Waals surface area contributed by atoms with E-state index in [1.807, 2.05) is 24.3 Å². The summed E-state index contributed by atoms with van der Waals surface area (Å²) in [5.74, 6) is 1.53. The molecule has 7 nitrogen and oxygen atoms in total. The van der Waals surface area contributed by atoms with Gasteiger partial charge in [-0.15, -0.1) is 16.8 Å². The van der Waals surface area contributed by atoms with E-state index in [1.54, 1.807) is 13.0 Å². The number of aromatic nitrogens is 2. The molecule has 0 aliphatic carbocycles. The van der Waals surface area contributed by atoms with Gasteiger partial charge in [0.15, 0.2) is 11.5 Å². The Hall–Kier alpha value is -2.48. The molecule has 1 aromatic carbocycles. The maximum absolute atomic E-state index is 11.8. The SMILES string of the molecule is C=CCNC(=O)[C@@H](C)Sc1nnc([C@H]2COc3ccccc3O2)o1. The number of amides is 1. The van der Waals surface area contributed by atoms with Crippen molar-refractivity contribution in [2.75, 3.05) is 13.2 Å². The van der Waals surface area contributed by atoms with Crippen molar-refractivity contribution in [2.45, 2.75) is 23.5 Å². The van der Waals surface area contributed by atoms with Crippen LogP contribution >= 0.6 is 11.8 Å². The number of thioether (sulfide) groups is 1. The number of fused-ring (bicyclic) bond motifs is 1. The van der Waals surface area contributed by atoms with E-state index < -0.39 is 6.10 Å². The number of carbonyl (C=O) groups is 1. The largest absolute Gasteiger partial charge is 0.485 e. The van der Waals surface area contributed by atoms with Gasteiger partial charge in [-0.05, 0) is 19.1 Å². The highest BCUT2D eigenvalue weighted by Crippen LogP contribution is 2.36. The van der Waals surface area contributed by atoms with Crippen LogP contribution in [0.4, 0.5) is 0 Å². The first kappa shape index (κ1) is 16.4. The summed E-state index contributed by atoms with van der Waals surface area (Å²) in [6.45, 7) is 6.04. The van der Waals surface area contributed by atoms with Crippen molar-refractivity contribution < 1.29 is 18.7 Å². The first-order chi connectivity index (χ1) is 11.7. The number of rotatable bonds is 6. The molecule has 1 amide bonds. The van der Waals surface area contributed by atoms with E-state index in [4.69, 9.17) is 13.9 Å². The maximum atomic E-state index is 11.8. The maximum Gasteiger partial charge on any atom is 0.277 e. The Balaban J connectivity index is 1.62. The van der Waals surface area contributed by atoms with E-state index in [0.717, 1.165) is 0 Å². The second-order valence-electron chi connectivity index (χ2n) is 5.06. The normalized spacial score (nSPS) is 17.1. The van der Waals surface area contributed by atoms with Gasteiger partial charge in [-0.2, -0.15) is 0 Å². The summed E-state index contributed by atoms with van der Waals surface area (Å²) < 4.78 is 17.0. The predicted octanol–water partition coefficient (Wildman–Crippen LogP) is 2.36. The van der Waals surface area contributed by atoms with Crippen LogP contribution in [0.25, 0.3) is 0 Å². The molecule has 2 aromatic rings. The smallest absolute Gasteiger partial charge is 0.277 e. The molecule has 0 saturated heterocycles. The highest BCUT2D eigenvalue weighted by Gasteiger charge is 2.28. The summed E-state index contributed by atoms with van der Waals surface area (Å²) in [6, 6.07) is 7.40. The molecule has 0 radical (unpaired) electrons. The second-order valence-corrected chi connectivity index (χ2v) is 6.36. The fourth-order valence-electron chi connectivity index (χ4n) is 2.06. The molecule has 0 bridgehead atoms. The van der Waals surface area contributed by atoms with Crippen molar-refractivity contribution in [3.05, 3.63) is 42.8 Å². The van der Waals surface area contributed by atoms with Crippen LogP contribution in [-0.2, 0) is 4.79 Å². The number of hydrogen-bond donors (Lipinski definition) is 1. The van der Waals surface area contributed by atoms with Gasteiger partial charge < -0.3 is 19.2 Å². The zero-order valence-corrected chi connectivity index (χ0v) is 13.9. The molecule has 1 N–H and O–H groups in total. The lowest BCUT2D eigenvalue weighted by molar-refractivity contribution is -0.120. The Morgan fingerprint density at radius 2 is 2.25 bits per heavy atom. The first-order valence-electron chi connectivity index (χ1n) is 7.44. The minimum atomic E-state index is -0.466. The van der Waals surface area contributed by atoms with Crippen molar-refractivity contribution in [1.29, 1.82) is 0 Å². The van der Waals surface area contributed by atoms with Crippen LogP contribution in [-0.4, -0.2) is 34.5 Å². The fraction of sp³-hybridized carbons (Fsp3) is 0.312. The molecule has 8 heteroatoms. The third-order valence-corrected chi connectivity index (χ3v) is 4.21. The highest BCUT2D eigenvalue weighted by atomic mass is 32.2. The summed E-state index contributed by atoms with van der Waals surface area (Å²) in [5, 5.41) is 10.6. The lowest BCUT2D eigenvalue weighted by atomic mass is 10.2. The Morgan fingerprint density at radius 3 is 3.04 bits per heavy atom. The average molecular weight is 347 g/mol. The molecule has 2 atom stereocenters. The molecule has 3 rings (SSSR count). The number of nitrogens with zero attached hydrogens (tertiary/aromatic N) is 2. The summed E-state index contributed by atoms with van der Waals surface area (Å²) in [4.78, 5) is 11.8. The average Bonchev–Trinajstić information content (AvgIpc) is 3.07. The first-order valence-corrected chi connectivity index (χ1v) is 8.32. The number of hydrogen-bond acceptors (Lipinski definition) is 7. The van der Waals surface area contributed by atoms with E-state index >= 15 is 0 Å². The Labute approximate surface area is 143 Å². The van der Waals surface area contributed by atoms with Crippen LogP contribution in [0.5, 0.6) is 11.5 Å². The van der Waals surface area contributed by atoms with E-state index in [1.165, 1.54) is 11.8 Å². The van der Waals surface area contributed by atoms with Crippen LogP contribution in [0.3, 0.4) is 0 Å². The highest BCUT2D eigenvalue weighted by molar-refractivity contribution is 8.00. The second kappa shape index (κ2) is 7.39. The molecule has 1 aliphatic heterocycles. The van der Waals surface area contributed by atoms with Crippen LogP contribution < -0.4 is 14.8 Å². The number of nitrogens with one attached hydrogen (secondary N) is 1. The minimum Gasteiger partial charge on any atom is -0.485 e. The molecule has 2 heterocycles. The van der Waals surface area contributed by atoms with Crippen molar-refractivity contribution in [2.24, 2.45) is 0 Å². The van der Waals surface area contributed by atoms with Crippen LogP contribution in [0.15, 0.2) is 46.6 Å².